The molecule has 0 aromatic carbocycles. The zero-order chi connectivity index (χ0) is 7.19. The Kier molecular flexibility index (Phi) is 1.25. The molecule has 0 unspecified atom stereocenters. The van der Waals surface area contributed by atoms with Crippen molar-refractivity contribution in [3.05, 3.63) is 0 Å². The lowest BCUT2D eigenvalue weighted by atomic mass is 10.0. The van der Waals surface area contributed by atoms with Gasteiger partial charge in [0.2, 0.25) is 0 Å². The summed E-state index contributed by atoms with van der Waals surface area (Å²) in [6.45, 7) is 0.557. The number of rotatable bonds is 1. The molecule has 3 atom stereocenters. The van der Waals surface area contributed by atoms with Crippen LogP contribution < -0.4 is 0 Å². The van der Waals surface area contributed by atoms with E-state index >= 15 is 0 Å². The molecule has 0 radical (unpaired) electrons. The Hall–Kier alpha value is -0.160. The fourth-order valence-corrected chi connectivity index (χ4v) is 1.46. The van der Waals surface area contributed by atoms with Gasteiger partial charge in [0.1, 0.15) is 17.8 Å². The summed E-state index contributed by atoms with van der Waals surface area (Å²) in [6.07, 6.45) is -0.857. The molecule has 4 heteroatoms. The van der Waals surface area contributed by atoms with Crippen LogP contribution in [0.3, 0.4) is 0 Å². The van der Waals surface area contributed by atoms with Crippen LogP contribution in [0.15, 0.2) is 0 Å². The van der Waals surface area contributed by atoms with Crippen LogP contribution in [-0.4, -0.2) is 47.8 Å². The summed E-state index contributed by atoms with van der Waals surface area (Å²) in [6, 6.07) is 0. The number of aliphatic hydroxyl groups is 2. The molecule has 0 aromatic rings. The maximum Gasteiger partial charge on any atom is 0.143 e. The fourth-order valence-electron chi connectivity index (χ4n) is 1.46. The van der Waals surface area contributed by atoms with Gasteiger partial charge in [-0.2, -0.15) is 0 Å². The van der Waals surface area contributed by atoms with Gasteiger partial charge in [0.25, 0.3) is 0 Å². The van der Waals surface area contributed by atoms with Crippen LogP contribution in [0.5, 0.6) is 0 Å². The SMILES string of the molecule is OC[C@@]12CO[C@@H](CO1)[C@@H]2O. The number of aliphatic hydroxyl groups excluding tert-OH is 2. The molecule has 2 aliphatic rings. The Balaban J connectivity index is 2.22. The first-order valence-corrected chi connectivity index (χ1v) is 3.33. The van der Waals surface area contributed by atoms with E-state index in [1.165, 1.54) is 0 Å². The molecule has 0 amide bonds. The maximum absolute atomic E-state index is 9.37. The Bertz CT molecular complexity index is 139. The van der Waals surface area contributed by atoms with Gasteiger partial charge in [-0.25, -0.2) is 0 Å². The molecule has 2 saturated heterocycles. The summed E-state index contributed by atoms with van der Waals surface area (Å²) < 4.78 is 10.3. The van der Waals surface area contributed by atoms with Crippen LogP contribution in [0.2, 0.25) is 0 Å². The van der Waals surface area contributed by atoms with Crippen molar-refractivity contribution in [1.82, 2.24) is 0 Å². The zero-order valence-electron chi connectivity index (χ0n) is 5.49. The molecule has 0 aliphatic carbocycles. The van der Waals surface area contributed by atoms with Crippen molar-refractivity contribution in [1.29, 1.82) is 0 Å². The largest absolute Gasteiger partial charge is 0.393 e. The van der Waals surface area contributed by atoms with E-state index in [4.69, 9.17) is 14.6 Å². The second-order valence-electron chi connectivity index (χ2n) is 2.83. The molecule has 10 heavy (non-hydrogen) atoms. The molecule has 2 rings (SSSR count). The Morgan fingerprint density at radius 2 is 2.40 bits per heavy atom. The third-order valence-corrected chi connectivity index (χ3v) is 2.24. The molecule has 2 aliphatic heterocycles. The molecule has 0 spiro atoms. The van der Waals surface area contributed by atoms with Crippen molar-refractivity contribution < 1.29 is 19.7 Å². The highest BCUT2D eigenvalue weighted by atomic mass is 16.6. The van der Waals surface area contributed by atoms with Crippen molar-refractivity contribution >= 4 is 0 Å². The second-order valence-corrected chi connectivity index (χ2v) is 2.83. The van der Waals surface area contributed by atoms with Crippen LogP contribution >= 0.6 is 0 Å². The first kappa shape index (κ1) is 6.54. The number of hydrogen-bond donors (Lipinski definition) is 2. The molecule has 0 saturated carbocycles. The van der Waals surface area contributed by atoms with Crippen LogP contribution in [0.1, 0.15) is 0 Å². The lowest BCUT2D eigenvalue weighted by molar-refractivity contribution is -0.122. The Morgan fingerprint density at radius 3 is 2.60 bits per heavy atom. The summed E-state index contributed by atoms with van der Waals surface area (Å²) in [4.78, 5) is 0. The smallest absolute Gasteiger partial charge is 0.143 e. The summed E-state index contributed by atoms with van der Waals surface area (Å²) in [5.41, 5.74) is -0.801. The minimum Gasteiger partial charge on any atom is -0.393 e. The lowest BCUT2D eigenvalue weighted by Crippen LogP contribution is -2.43. The average Bonchev–Trinajstić information content (AvgIpc) is 2.46. The minimum absolute atomic E-state index is 0.162. The molecule has 58 valence electrons. The lowest BCUT2D eigenvalue weighted by Gasteiger charge is -2.23. The van der Waals surface area contributed by atoms with Crippen molar-refractivity contribution in [3.8, 4) is 0 Å². The van der Waals surface area contributed by atoms with Gasteiger partial charge in [0.15, 0.2) is 0 Å². The van der Waals surface area contributed by atoms with Crippen molar-refractivity contribution in [3.63, 3.8) is 0 Å². The van der Waals surface area contributed by atoms with Gasteiger partial charge >= 0.3 is 0 Å². The van der Waals surface area contributed by atoms with E-state index in [-0.39, 0.29) is 12.7 Å². The summed E-state index contributed by atoms with van der Waals surface area (Å²) in [5.74, 6) is 0. The van der Waals surface area contributed by atoms with Gasteiger partial charge in [-0.15, -0.1) is 0 Å². The highest BCUT2D eigenvalue weighted by Crippen LogP contribution is 2.34. The molecule has 2 N–H and O–H groups in total. The van der Waals surface area contributed by atoms with E-state index in [0.29, 0.717) is 13.2 Å². The Morgan fingerprint density at radius 1 is 1.60 bits per heavy atom. The number of ether oxygens (including phenoxy) is 2. The van der Waals surface area contributed by atoms with E-state index in [0.717, 1.165) is 0 Å². The standard InChI is InChI=1S/C6H10O4/c7-2-6-3-9-4(1-10-6)5(6)8/h4-5,7-8H,1-3H2/t4-,5-,6-/m0/s1. The van der Waals surface area contributed by atoms with E-state index in [9.17, 15) is 5.11 Å². The summed E-state index contributed by atoms with van der Waals surface area (Å²) in [7, 11) is 0. The fraction of sp³-hybridized carbons (Fsp3) is 1.00. The van der Waals surface area contributed by atoms with Gasteiger partial charge < -0.3 is 19.7 Å². The molecule has 2 fully saturated rings. The highest BCUT2D eigenvalue weighted by molar-refractivity contribution is 5.03. The predicted octanol–water partition coefficient (Wildman–Crippen LogP) is -1.49. The van der Waals surface area contributed by atoms with Crippen LogP contribution in [0.4, 0.5) is 0 Å². The van der Waals surface area contributed by atoms with E-state index < -0.39 is 11.7 Å². The molecule has 0 aromatic heterocycles. The summed E-state index contributed by atoms with van der Waals surface area (Å²) >= 11 is 0. The monoisotopic (exact) mass is 146 g/mol. The molecule has 2 heterocycles. The van der Waals surface area contributed by atoms with E-state index in [2.05, 4.69) is 0 Å². The van der Waals surface area contributed by atoms with Crippen LogP contribution in [-0.2, 0) is 9.47 Å². The van der Waals surface area contributed by atoms with Crippen LogP contribution in [0, 0.1) is 0 Å². The summed E-state index contributed by atoms with van der Waals surface area (Å²) in [5, 5.41) is 18.2. The predicted molar refractivity (Wildman–Crippen MR) is 31.5 cm³/mol. The second kappa shape index (κ2) is 1.92. The zero-order valence-corrected chi connectivity index (χ0v) is 5.49. The van der Waals surface area contributed by atoms with Crippen molar-refractivity contribution in [2.45, 2.75) is 17.8 Å². The molecular weight excluding hydrogens is 136 g/mol. The van der Waals surface area contributed by atoms with Gasteiger partial charge in [-0.05, 0) is 0 Å². The third-order valence-electron chi connectivity index (χ3n) is 2.24. The van der Waals surface area contributed by atoms with Crippen molar-refractivity contribution in [2.75, 3.05) is 19.8 Å². The number of fused-ring (bicyclic) bond motifs is 2. The van der Waals surface area contributed by atoms with Crippen molar-refractivity contribution in [2.24, 2.45) is 0 Å². The number of hydrogen-bond acceptors (Lipinski definition) is 4. The highest BCUT2D eigenvalue weighted by Gasteiger charge is 2.55. The van der Waals surface area contributed by atoms with E-state index in [1.807, 2.05) is 0 Å². The molecule has 2 bridgehead atoms. The molecular formula is C6H10O4. The average molecular weight is 146 g/mol. The third kappa shape index (κ3) is 0.594. The first-order valence-electron chi connectivity index (χ1n) is 3.33. The minimum atomic E-state index is -0.801. The van der Waals surface area contributed by atoms with Gasteiger partial charge in [0.05, 0.1) is 19.8 Å². The van der Waals surface area contributed by atoms with Gasteiger partial charge in [-0.3, -0.25) is 0 Å². The normalized spacial score (nSPS) is 52.2. The molecule has 4 nitrogen and oxygen atoms in total. The van der Waals surface area contributed by atoms with Gasteiger partial charge in [-0.1, -0.05) is 0 Å². The Labute approximate surface area is 58.4 Å². The maximum atomic E-state index is 9.37. The van der Waals surface area contributed by atoms with Crippen LogP contribution in [0.25, 0.3) is 0 Å². The quantitative estimate of drug-likeness (QED) is 0.473. The first-order chi connectivity index (χ1) is 4.78. The topological polar surface area (TPSA) is 58.9 Å². The van der Waals surface area contributed by atoms with E-state index in [1.54, 1.807) is 0 Å². The van der Waals surface area contributed by atoms with Gasteiger partial charge in [0, 0.05) is 0 Å².